The van der Waals surface area contributed by atoms with Crippen molar-refractivity contribution in [2.75, 3.05) is 38.0 Å². The summed E-state index contributed by atoms with van der Waals surface area (Å²) >= 11 is 0. The highest BCUT2D eigenvalue weighted by Crippen LogP contribution is 2.20. The summed E-state index contributed by atoms with van der Waals surface area (Å²) in [5.74, 6) is 0.195. The second-order valence-electron chi connectivity index (χ2n) is 6.98. The summed E-state index contributed by atoms with van der Waals surface area (Å²) in [6.07, 6.45) is 5.05. The number of aliphatic carboxylic acids is 1. The van der Waals surface area contributed by atoms with Gasteiger partial charge in [0.15, 0.2) is 0 Å². The zero-order chi connectivity index (χ0) is 18.4. The molecule has 142 valence electrons. The van der Waals surface area contributed by atoms with Gasteiger partial charge in [-0.1, -0.05) is 6.07 Å². The fraction of sp³-hybridized carbons (Fsp3) is 0.611. The van der Waals surface area contributed by atoms with E-state index in [-0.39, 0.29) is 18.6 Å². The summed E-state index contributed by atoms with van der Waals surface area (Å²) in [5.41, 5.74) is 2.40. The van der Waals surface area contributed by atoms with Gasteiger partial charge in [-0.25, -0.2) is 9.78 Å². The van der Waals surface area contributed by atoms with Crippen LogP contribution in [0, 0.1) is 0 Å². The van der Waals surface area contributed by atoms with Crippen LogP contribution in [0.1, 0.15) is 30.5 Å². The van der Waals surface area contributed by atoms with Crippen molar-refractivity contribution in [1.82, 2.24) is 20.5 Å². The standard InChI is InChI=1S/C18H27N5O3/c24-16(25)12-23-10-15(11-23)22-18(26)20-8-2-1-5-14-7-6-13-4-3-9-19-17(13)21-14/h6-7,15H,1-5,8-12H2,(H,19,21)(H,24,25)(H2,20,22,26). The van der Waals surface area contributed by atoms with Crippen molar-refractivity contribution in [1.29, 1.82) is 0 Å². The first-order chi connectivity index (χ1) is 12.6. The number of nitrogens with one attached hydrogen (secondary N) is 3. The van der Waals surface area contributed by atoms with Crippen LogP contribution in [0.15, 0.2) is 12.1 Å². The molecule has 1 aromatic heterocycles. The molecule has 0 unspecified atom stereocenters. The number of nitrogens with zero attached hydrogens (tertiary/aromatic N) is 2. The molecule has 8 heteroatoms. The van der Waals surface area contributed by atoms with Gasteiger partial charge in [-0.2, -0.15) is 0 Å². The van der Waals surface area contributed by atoms with Gasteiger partial charge in [-0.15, -0.1) is 0 Å². The number of pyridine rings is 1. The van der Waals surface area contributed by atoms with E-state index in [0.717, 1.165) is 43.7 Å². The number of aromatic nitrogens is 1. The molecule has 3 rings (SSSR count). The number of carbonyl (C=O) groups excluding carboxylic acids is 1. The minimum atomic E-state index is -0.836. The minimum absolute atomic E-state index is 0.0338. The number of hydrogen-bond donors (Lipinski definition) is 4. The average Bonchev–Trinajstić information content (AvgIpc) is 2.59. The number of aryl methyl sites for hydroxylation is 2. The molecule has 0 aliphatic carbocycles. The maximum absolute atomic E-state index is 11.8. The summed E-state index contributed by atoms with van der Waals surface area (Å²) in [6.45, 7) is 2.85. The zero-order valence-corrected chi connectivity index (χ0v) is 15.0. The lowest BCUT2D eigenvalue weighted by atomic mass is 10.1. The maximum Gasteiger partial charge on any atom is 0.317 e. The number of urea groups is 1. The lowest BCUT2D eigenvalue weighted by Crippen LogP contribution is -2.61. The Morgan fingerprint density at radius 1 is 1.31 bits per heavy atom. The van der Waals surface area contributed by atoms with Crippen molar-refractivity contribution < 1.29 is 14.7 Å². The summed E-state index contributed by atoms with van der Waals surface area (Å²) in [7, 11) is 0. The Labute approximate surface area is 153 Å². The normalized spacial score (nSPS) is 16.9. The molecule has 0 atom stereocenters. The molecule has 0 aromatic carbocycles. The van der Waals surface area contributed by atoms with Crippen molar-refractivity contribution in [3.63, 3.8) is 0 Å². The van der Waals surface area contributed by atoms with E-state index < -0.39 is 5.97 Å². The third-order valence-corrected chi connectivity index (χ3v) is 4.75. The van der Waals surface area contributed by atoms with Crippen LogP contribution in [-0.2, 0) is 17.6 Å². The van der Waals surface area contributed by atoms with Gasteiger partial charge < -0.3 is 21.1 Å². The first-order valence-electron chi connectivity index (χ1n) is 9.31. The smallest absolute Gasteiger partial charge is 0.317 e. The molecule has 0 saturated carbocycles. The largest absolute Gasteiger partial charge is 0.480 e. The van der Waals surface area contributed by atoms with E-state index in [0.29, 0.717) is 19.6 Å². The molecule has 0 radical (unpaired) electrons. The molecule has 1 saturated heterocycles. The highest BCUT2D eigenvalue weighted by molar-refractivity contribution is 5.74. The van der Waals surface area contributed by atoms with E-state index >= 15 is 0 Å². The molecular formula is C18H27N5O3. The Hall–Kier alpha value is -2.35. The molecule has 1 fully saturated rings. The fourth-order valence-corrected chi connectivity index (χ4v) is 3.36. The van der Waals surface area contributed by atoms with Gasteiger partial charge in [0.05, 0.1) is 12.6 Å². The second kappa shape index (κ2) is 8.84. The molecule has 2 aliphatic rings. The number of anilines is 1. The molecule has 4 N–H and O–H groups in total. The van der Waals surface area contributed by atoms with Crippen molar-refractivity contribution in [3.05, 3.63) is 23.4 Å². The maximum atomic E-state index is 11.8. The number of rotatable bonds is 8. The number of unbranched alkanes of at least 4 members (excludes halogenated alkanes) is 1. The Balaban J connectivity index is 1.25. The third kappa shape index (κ3) is 5.32. The van der Waals surface area contributed by atoms with Crippen LogP contribution in [0.3, 0.4) is 0 Å². The van der Waals surface area contributed by atoms with Crippen LogP contribution in [0.25, 0.3) is 0 Å². The third-order valence-electron chi connectivity index (χ3n) is 4.75. The molecule has 26 heavy (non-hydrogen) atoms. The highest BCUT2D eigenvalue weighted by Gasteiger charge is 2.28. The van der Waals surface area contributed by atoms with E-state index in [1.807, 2.05) is 0 Å². The lowest BCUT2D eigenvalue weighted by Gasteiger charge is -2.38. The van der Waals surface area contributed by atoms with Crippen LogP contribution in [0.4, 0.5) is 10.6 Å². The SMILES string of the molecule is O=C(O)CN1CC(NC(=O)NCCCCc2ccc3c(n2)NCCC3)C1. The number of likely N-dealkylation sites (tertiary alicyclic amines) is 1. The summed E-state index contributed by atoms with van der Waals surface area (Å²) < 4.78 is 0. The fourth-order valence-electron chi connectivity index (χ4n) is 3.36. The van der Waals surface area contributed by atoms with Crippen LogP contribution in [0.2, 0.25) is 0 Å². The molecule has 1 aromatic rings. The zero-order valence-electron chi connectivity index (χ0n) is 15.0. The summed E-state index contributed by atoms with van der Waals surface area (Å²) in [5, 5.41) is 17.7. The summed E-state index contributed by atoms with van der Waals surface area (Å²) in [6, 6.07) is 4.13. The Morgan fingerprint density at radius 3 is 2.96 bits per heavy atom. The molecule has 3 heterocycles. The van der Waals surface area contributed by atoms with Gasteiger partial charge in [0.1, 0.15) is 5.82 Å². The van der Waals surface area contributed by atoms with Crippen molar-refractivity contribution in [3.8, 4) is 0 Å². The molecule has 2 amide bonds. The molecule has 0 bridgehead atoms. The van der Waals surface area contributed by atoms with Gasteiger partial charge >= 0.3 is 12.0 Å². The Morgan fingerprint density at radius 2 is 2.15 bits per heavy atom. The molecule has 2 aliphatic heterocycles. The quantitative estimate of drug-likeness (QED) is 0.511. The topological polar surface area (TPSA) is 107 Å². The number of carboxylic acid groups (broad SMARTS) is 1. The van der Waals surface area contributed by atoms with Crippen LogP contribution in [-0.4, -0.2) is 65.8 Å². The van der Waals surface area contributed by atoms with Crippen molar-refractivity contribution in [2.24, 2.45) is 0 Å². The van der Waals surface area contributed by atoms with Gasteiger partial charge in [0.2, 0.25) is 0 Å². The van der Waals surface area contributed by atoms with Gasteiger partial charge in [0, 0.05) is 31.9 Å². The number of carboxylic acids is 1. The minimum Gasteiger partial charge on any atom is -0.480 e. The molecule has 8 nitrogen and oxygen atoms in total. The van der Waals surface area contributed by atoms with Gasteiger partial charge in [-0.3, -0.25) is 9.69 Å². The van der Waals surface area contributed by atoms with Crippen LogP contribution in [0.5, 0.6) is 0 Å². The second-order valence-corrected chi connectivity index (χ2v) is 6.98. The molecule has 0 spiro atoms. The Bertz CT molecular complexity index is 646. The highest BCUT2D eigenvalue weighted by atomic mass is 16.4. The predicted octanol–water partition coefficient (Wildman–Crippen LogP) is 0.830. The van der Waals surface area contributed by atoms with Gasteiger partial charge in [0.25, 0.3) is 0 Å². The Kier molecular flexibility index (Phi) is 6.27. The monoisotopic (exact) mass is 361 g/mol. The lowest BCUT2D eigenvalue weighted by molar-refractivity contribution is -0.139. The number of fused-ring (bicyclic) bond motifs is 1. The number of hydrogen-bond acceptors (Lipinski definition) is 5. The number of carbonyl (C=O) groups is 2. The van der Waals surface area contributed by atoms with Crippen molar-refractivity contribution in [2.45, 2.75) is 38.1 Å². The first-order valence-corrected chi connectivity index (χ1v) is 9.31. The van der Waals surface area contributed by atoms with E-state index in [4.69, 9.17) is 5.11 Å². The van der Waals surface area contributed by atoms with Crippen LogP contribution >= 0.6 is 0 Å². The predicted molar refractivity (Wildman–Crippen MR) is 98.4 cm³/mol. The average molecular weight is 361 g/mol. The van der Waals surface area contributed by atoms with E-state index in [2.05, 4.69) is 33.1 Å². The first kappa shape index (κ1) is 18.4. The van der Waals surface area contributed by atoms with E-state index in [9.17, 15) is 9.59 Å². The van der Waals surface area contributed by atoms with Gasteiger partial charge in [-0.05, 0) is 43.7 Å². The number of amides is 2. The summed E-state index contributed by atoms with van der Waals surface area (Å²) in [4.78, 5) is 28.8. The molecular weight excluding hydrogens is 334 g/mol. The van der Waals surface area contributed by atoms with Crippen molar-refractivity contribution >= 4 is 17.8 Å². The van der Waals surface area contributed by atoms with E-state index in [1.54, 1.807) is 4.90 Å². The van der Waals surface area contributed by atoms with Crippen LogP contribution < -0.4 is 16.0 Å². The van der Waals surface area contributed by atoms with E-state index in [1.165, 1.54) is 12.0 Å².